The quantitative estimate of drug-likeness (QED) is 0.781. The molecule has 2 heterocycles. The molecule has 6 nitrogen and oxygen atoms in total. The van der Waals surface area contributed by atoms with Crippen LogP contribution in [0, 0.1) is 5.92 Å². The van der Waals surface area contributed by atoms with Gasteiger partial charge in [0.15, 0.2) is 5.82 Å². The normalized spacial score (nSPS) is 21.0. The lowest BCUT2D eigenvalue weighted by Gasteiger charge is -2.16. The predicted octanol–water partition coefficient (Wildman–Crippen LogP) is 2.59. The van der Waals surface area contributed by atoms with Gasteiger partial charge in [-0.15, -0.1) is 0 Å². The van der Waals surface area contributed by atoms with E-state index in [1.807, 2.05) is 0 Å². The number of nitrogens with zero attached hydrogens (tertiary/aromatic N) is 3. The topological polar surface area (TPSA) is 71.6 Å². The number of hydrogen-bond donors (Lipinski definition) is 1. The van der Waals surface area contributed by atoms with Crippen molar-refractivity contribution in [3.05, 3.63) is 47.1 Å². The SMILES string of the molecule is COCCc1noc([C@@H]2CN(Cc3ccc(C(C)C)cc3)C[C@H]2CO)n1. The summed E-state index contributed by atoms with van der Waals surface area (Å²) in [7, 11) is 1.66. The van der Waals surface area contributed by atoms with E-state index in [0.29, 0.717) is 30.7 Å². The zero-order valence-electron chi connectivity index (χ0n) is 15.9. The van der Waals surface area contributed by atoms with Crippen LogP contribution >= 0.6 is 0 Å². The first-order chi connectivity index (χ1) is 12.6. The monoisotopic (exact) mass is 359 g/mol. The van der Waals surface area contributed by atoms with Crippen LogP contribution in [0.25, 0.3) is 0 Å². The molecule has 1 aliphatic heterocycles. The Labute approximate surface area is 155 Å². The Balaban J connectivity index is 1.63. The zero-order valence-corrected chi connectivity index (χ0v) is 15.9. The van der Waals surface area contributed by atoms with Crippen LogP contribution in [0.15, 0.2) is 28.8 Å². The van der Waals surface area contributed by atoms with Crippen LogP contribution in [0.3, 0.4) is 0 Å². The largest absolute Gasteiger partial charge is 0.396 e. The molecule has 0 spiro atoms. The van der Waals surface area contributed by atoms with E-state index < -0.39 is 0 Å². The number of aliphatic hydroxyl groups is 1. The van der Waals surface area contributed by atoms with Crippen molar-refractivity contribution in [2.45, 2.75) is 38.6 Å². The summed E-state index contributed by atoms with van der Waals surface area (Å²) >= 11 is 0. The van der Waals surface area contributed by atoms with Crippen molar-refractivity contribution in [1.82, 2.24) is 15.0 Å². The second-order valence-electron chi connectivity index (χ2n) is 7.43. The van der Waals surface area contributed by atoms with Gasteiger partial charge in [0.2, 0.25) is 5.89 Å². The lowest BCUT2D eigenvalue weighted by Crippen LogP contribution is -2.20. The van der Waals surface area contributed by atoms with Gasteiger partial charge in [-0.1, -0.05) is 43.3 Å². The number of benzene rings is 1. The number of methoxy groups -OCH3 is 1. The van der Waals surface area contributed by atoms with Crippen molar-refractivity contribution in [2.75, 3.05) is 33.4 Å². The molecule has 142 valence electrons. The minimum absolute atomic E-state index is 0.0822. The van der Waals surface area contributed by atoms with Crippen LogP contribution in [-0.2, 0) is 17.7 Å². The van der Waals surface area contributed by atoms with Crippen molar-refractivity contribution in [3.63, 3.8) is 0 Å². The fourth-order valence-corrected chi connectivity index (χ4v) is 3.53. The highest BCUT2D eigenvalue weighted by Gasteiger charge is 2.37. The second kappa shape index (κ2) is 8.75. The molecule has 0 saturated carbocycles. The first-order valence-corrected chi connectivity index (χ1v) is 9.34. The number of aromatic nitrogens is 2. The van der Waals surface area contributed by atoms with Gasteiger partial charge in [0.1, 0.15) is 0 Å². The van der Waals surface area contributed by atoms with Gasteiger partial charge in [0.25, 0.3) is 0 Å². The molecule has 1 N–H and O–H groups in total. The van der Waals surface area contributed by atoms with Crippen molar-refractivity contribution in [2.24, 2.45) is 5.92 Å². The third-order valence-corrected chi connectivity index (χ3v) is 5.13. The molecule has 1 aliphatic rings. The summed E-state index contributed by atoms with van der Waals surface area (Å²) in [6, 6.07) is 8.81. The van der Waals surface area contributed by atoms with E-state index in [1.165, 1.54) is 11.1 Å². The zero-order chi connectivity index (χ0) is 18.5. The summed E-state index contributed by atoms with van der Waals surface area (Å²) in [5.41, 5.74) is 2.65. The molecule has 2 atom stereocenters. The second-order valence-corrected chi connectivity index (χ2v) is 7.43. The van der Waals surface area contributed by atoms with Crippen LogP contribution in [0.4, 0.5) is 0 Å². The van der Waals surface area contributed by atoms with Crippen molar-refractivity contribution < 1.29 is 14.4 Å². The van der Waals surface area contributed by atoms with Gasteiger partial charge in [-0.3, -0.25) is 4.90 Å². The van der Waals surface area contributed by atoms with Gasteiger partial charge in [0.05, 0.1) is 12.5 Å². The molecule has 1 aromatic heterocycles. The maximum atomic E-state index is 9.79. The molecule has 2 aromatic rings. The van der Waals surface area contributed by atoms with Gasteiger partial charge in [-0.05, 0) is 17.0 Å². The molecule has 0 radical (unpaired) electrons. The first kappa shape index (κ1) is 19.0. The number of hydrogen-bond acceptors (Lipinski definition) is 6. The minimum Gasteiger partial charge on any atom is -0.396 e. The Morgan fingerprint density at radius 3 is 2.69 bits per heavy atom. The summed E-state index contributed by atoms with van der Waals surface area (Å²) in [4.78, 5) is 6.86. The summed E-state index contributed by atoms with van der Waals surface area (Å²) in [5.74, 6) is 2.05. The van der Waals surface area contributed by atoms with Gasteiger partial charge in [0, 0.05) is 45.7 Å². The maximum absolute atomic E-state index is 9.79. The molecule has 3 rings (SSSR count). The highest BCUT2D eigenvalue weighted by Crippen LogP contribution is 2.32. The average Bonchev–Trinajstić information content (AvgIpc) is 3.26. The fourth-order valence-electron chi connectivity index (χ4n) is 3.53. The molecular weight excluding hydrogens is 330 g/mol. The minimum atomic E-state index is 0.0822. The predicted molar refractivity (Wildman–Crippen MR) is 99.0 cm³/mol. The van der Waals surface area contributed by atoms with Gasteiger partial charge < -0.3 is 14.4 Å². The standard InChI is InChI=1S/C20H29N3O3/c1-14(2)16-6-4-15(5-7-16)10-23-11-17(13-24)18(12-23)20-21-19(22-26-20)8-9-25-3/h4-7,14,17-18,24H,8-13H2,1-3H3/t17-,18+/m0/s1. The lowest BCUT2D eigenvalue weighted by atomic mass is 9.97. The van der Waals surface area contributed by atoms with Crippen molar-refractivity contribution in [3.8, 4) is 0 Å². The van der Waals surface area contributed by atoms with E-state index in [-0.39, 0.29) is 18.4 Å². The third kappa shape index (κ3) is 4.50. The highest BCUT2D eigenvalue weighted by molar-refractivity contribution is 5.24. The third-order valence-electron chi connectivity index (χ3n) is 5.13. The van der Waals surface area contributed by atoms with E-state index in [1.54, 1.807) is 7.11 Å². The van der Waals surface area contributed by atoms with Crippen molar-refractivity contribution >= 4 is 0 Å². The van der Waals surface area contributed by atoms with Crippen molar-refractivity contribution in [1.29, 1.82) is 0 Å². The van der Waals surface area contributed by atoms with Crippen LogP contribution < -0.4 is 0 Å². The smallest absolute Gasteiger partial charge is 0.231 e. The van der Waals surface area contributed by atoms with Crippen LogP contribution in [0.1, 0.15) is 48.5 Å². The Bertz CT molecular complexity index is 684. The summed E-state index contributed by atoms with van der Waals surface area (Å²) in [6.45, 7) is 7.64. The van der Waals surface area contributed by atoms with E-state index in [9.17, 15) is 5.11 Å². The number of likely N-dealkylation sites (tertiary alicyclic amines) is 1. The Kier molecular flexibility index (Phi) is 6.40. The molecule has 0 amide bonds. The van der Waals surface area contributed by atoms with Gasteiger partial charge in [-0.25, -0.2) is 0 Å². The lowest BCUT2D eigenvalue weighted by molar-refractivity contribution is 0.199. The van der Waals surface area contributed by atoms with Gasteiger partial charge in [-0.2, -0.15) is 4.98 Å². The molecule has 6 heteroatoms. The summed E-state index contributed by atoms with van der Waals surface area (Å²) in [5, 5.41) is 13.8. The molecule has 1 fully saturated rings. The van der Waals surface area contributed by atoms with Crippen LogP contribution in [0.5, 0.6) is 0 Å². The fraction of sp³-hybridized carbons (Fsp3) is 0.600. The molecular formula is C20H29N3O3. The number of rotatable bonds is 8. The van der Waals surface area contributed by atoms with Crippen LogP contribution in [0.2, 0.25) is 0 Å². The number of aliphatic hydroxyl groups excluding tert-OH is 1. The maximum Gasteiger partial charge on any atom is 0.231 e. The molecule has 0 unspecified atom stereocenters. The Morgan fingerprint density at radius 1 is 1.27 bits per heavy atom. The molecule has 0 bridgehead atoms. The summed E-state index contributed by atoms with van der Waals surface area (Å²) in [6.07, 6.45) is 0.641. The van der Waals surface area contributed by atoms with Gasteiger partial charge >= 0.3 is 0 Å². The summed E-state index contributed by atoms with van der Waals surface area (Å²) < 4.78 is 10.5. The van der Waals surface area contributed by atoms with Crippen LogP contribution in [-0.4, -0.2) is 53.6 Å². The molecule has 0 aliphatic carbocycles. The van der Waals surface area contributed by atoms with E-state index in [0.717, 1.165) is 19.6 Å². The number of ether oxygens (including phenoxy) is 1. The Hall–Kier alpha value is -1.76. The molecule has 26 heavy (non-hydrogen) atoms. The Morgan fingerprint density at radius 2 is 2.04 bits per heavy atom. The first-order valence-electron chi connectivity index (χ1n) is 9.34. The van der Waals surface area contributed by atoms with E-state index in [4.69, 9.17) is 9.26 Å². The molecule has 1 saturated heterocycles. The molecule has 1 aromatic carbocycles. The average molecular weight is 359 g/mol. The van der Waals surface area contributed by atoms with E-state index >= 15 is 0 Å². The highest BCUT2D eigenvalue weighted by atomic mass is 16.5. The van der Waals surface area contributed by atoms with E-state index in [2.05, 4.69) is 53.2 Å².